The molecule has 2 aromatic heterocycles. The van der Waals surface area contributed by atoms with Gasteiger partial charge in [-0.15, -0.1) is 0 Å². The average Bonchev–Trinajstić information content (AvgIpc) is 3.63. The first-order chi connectivity index (χ1) is 17.8. The predicted octanol–water partition coefficient (Wildman–Crippen LogP) is 2.58. The number of H-pyrrole nitrogens is 1. The molecule has 3 N–H and O–H groups in total. The Bertz CT molecular complexity index is 1350. The molecule has 1 aliphatic carbocycles. The number of β-amino-alcohol motifs (C(OH)–C–C–N with tert-alkyl or cyclic N) is 1. The zero-order valence-electron chi connectivity index (χ0n) is 21.0. The third-order valence-electron chi connectivity index (χ3n) is 7.02. The summed E-state index contributed by atoms with van der Waals surface area (Å²) in [6.45, 7) is 4.31. The number of halogens is 1. The summed E-state index contributed by atoms with van der Waals surface area (Å²) in [4.78, 5) is 38.5. The molecule has 1 saturated heterocycles. The predicted molar refractivity (Wildman–Crippen MR) is 133 cm³/mol. The molecular weight excluding hydrogens is 481 g/mol. The van der Waals surface area contributed by atoms with Gasteiger partial charge in [0, 0.05) is 37.3 Å². The van der Waals surface area contributed by atoms with E-state index in [0.717, 1.165) is 12.8 Å². The molecule has 196 valence electrons. The number of carbonyl (C=O) groups is 2. The van der Waals surface area contributed by atoms with Crippen molar-refractivity contribution in [3.63, 3.8) is 0 Å². The molecule has 0 radical (unpaired) electrons. The van der Waals surface area contributed by atoms with Crippen molar-refractivity contribution in [1.29, 1.82) is 0 Å². The Hall–Kier alpha value is -3.73. The first-order valence-corrected chi connectivity index (χ1v) is 12.3. The lowest BCUT2D eigenvalue weighted by Gasteiger charge is -2.35. The highest BCUT2D eigenvalue weighted by Crippen LogP contribution is 2.39. The lowest BCUT2D eigenvalue weighted by atomic mass is 10.0. The number of nitrogens with zero attached hydrogens (tertiary/aromatic N) is 3. The first-order valence-electron chi connectivity index (χ1n) is 12.3. The van der Waals surface area contributed by atoms with E-state index in [-0.39, 0.29) is 18.2 Å². The van der Waals surface area contributed by atoms with Crippen LogP contribution >= 0.6 is 0 Å². The number of hydrogen-bond acceptors (Lipinski definition) is 7. The highest BCUT2D eigenvalue weighted by molar-refractivity contribution is 6.09. The third kappa shape index (κ3) is 4.95. The molecule has 0 bridgehead atoms. The van der Waals surface area contributed by atoms with E-state index in [2.05, 4.69) is 20.3 Å². The van der Waals surface area contributed by atoms with Crippen molar-refractivity contribution in [1.82, 2.24) is 25.2 Å². The summed E-state index contributed by atoms with van der Waals surface area (Å²) in [5.74, 6) is -0.200. The van der Waals surface area contributed by atoms with Crippen LogP contribution in [0.25, 0.3) is 22.3 Å². The topological polar surface area (TPSA) is 130 Å². The fourth-order valence-electron chi connectivity index (χ4n) is 4.72. The number of carbonyl (C=O) groups excluding carboxylic acids is 2. The van der Waals surface area contributed by atoms with E-state index < -0.39 is 23.9 Å². The standard InChI is InChI=1S/C26H30FN5O5/c1-13-22(26(35)31-18-6-7-32(14(2)33)10-19(18)34)24-25(30-13)23(28-12-29-24)16-8-21(36-3)17(27)9-20(16)37-11-15-4-5-15/h8-9,12,15,18-19,30,34H,4-7,10-11H2,1-3H3,(H,31,35). The number of methoxy groups -OCH3 is 1. The van der Waals surface area contributed by atoms with E-state index in [1.165, 1.54) is 32.5 Å². The zero-order chi connectivity index (χ0) is 26.3. The fourth-order valence-corrected chi connectivity index (χ4v) is 4.72. The lowest BCUT2D eigenvalue weighted by molar-refractivity contribution is -0.132. The summed E-state index contributed by atoms with van der Waals surface area (Å²) >= 11 is 0. The van der Waals surface area contributed by atoms with Crippen LogP contribution in [0.4, 0.5) is 4.39 Å². The van der Waals surface area contributed by atoms with Gasteiger partial charge in [-0.05, 0) is 38.2 Å². The van der Waals surface area contributed by atoms with Crippen LogP contribution < -0.4 is 14.8 Å². The Balaban J connectivity index is 1.48. The van der Waals surface area contributed by atoms with Crippen molar-refractivity contribution in [2.75, 3.05) is 26.8 Å². The Morgan fingerprint density at radius 2 is 2.03 bits per heavy atom. The van der Waals surface area contributed by atoms with Crippen molar-refractivity contribution in [3.05, 3.63) is 35.5 Å². The van der Waals surface area contributed by atoms with E-state index in [0.29, 0.717) is 64.8 Å². The molecule has 3 heterocycles. The van der Waals surface area contributed by atoms with Crippen LogP contribution in [0.1, 0.15) is 42.2 Å². The van der Waals surface area contributed by atoms with Gasteiger partial charge >= 0.3 is 0 Å². The van der Waals surface area contributed by atoms with Crippen molar-refractivity contribution < 1.29 is 28.6 Å². The Kier molecular flexibility index (Phi) is 6.72. The number of nitrogens with one attached hydrogen (secondary N) is 2. The second-order valence-electron chi connectivity index (χ2n) is 9.71. The molecule has 1 aliphatic heterocycles. The minimum absolute atomic E-state index is 0.0488. The highest BCUT2D eigenvalue weighted by Gasteiger charge is 2.32. The zero-order valence-corrected chi connectivity index (χ0v) is 21.0. The first kappa shape index (κ1) is 24.9. The number of piperidine rings is 1. The number of aromatic nitrogens is 3. The second kappa shape index (κ2) is 9.97. The maximum atomic E-state index is 14.6. The molecule has 0 spiro atoms. The average molecular weight is 512 g/mol. The smallest absolute Gasteiger partial charge is 0.255 e. The molecule has 3 aromatic rings. The Labute approximate surface area is 213 Å². The van der Waals surface area contributed by atoms with Gasteiger partial charge in [-0.3, -0.25) is 9.59 Å². The molecule has 37 heavy (non-hydrogen) atoms. The SMILES string of the molecule is COc1cc(-c2ncnc3c(C(=O)NC4CCN(C(C)=O)CC4O)c(C)[nH]c23)c(OCC2CC2)cc1F. The normalized spacial score (nSPS) is 19.6. The van der Waals surface area contributed by atoms with Gasteiger partial charge in [-0.2, -0.15) is 0 Å². The summed E-state index contributed by atoms with van der Waals surface area (Å²) in [6, 6.07) is 2.33. The summed E-state index contributed by atoms with van der Waals surface area (Å²) in [5, 5.41) is 13.4. The number of aromatic amines is 1. The maximum absolute atomic E-state index is 14.6. The van der Waals surface area contributed by atoms with Crippen molar-refractivity contribution >= 4 is 22.8 Å². The van der Waals surface area contributed by atoms with Crippen LogP contribution in [0.5, 0.6) is 11.5 Å². The van der Waals surface area contributed by atoms with E-state index in [1.807, 2.05) is 0 Å². The van der Waals surface area contributed by atoms with Crippen LogP contribution in [0.2, 0.25) is 0 Å². The monoisotopic (exact) mass is 511 g/mol. The van der Waals surface area contributed by atoms with E-state index in [4.69, 9.17) is 9.47 Å². The maximum Gasteiger partial charge on any atom is 0.255 e. The molecule has 5 rings (SSSR count). The van der Waals surface area contributed by atoms with Gasteiger partial charge in [0.15, 0.2) is 11.6 Å². The quantitative estimate of drug-likeness (QED) is 0.445. The van der Waals surface area contributed by atoms with Crippen LogP contribution in [0.15, 0.2) is 18.5 Å². The molecule has 2 atom stereocenters. The van der Waals surface area contributed by atoms with Crippen LogP contribution in [-0.2, 0) is 4.79 Å². The van der Waals surface area contributed by atoms with Gasteiger partial charge in [-0.1, -0.05) is 0 Å². The van der Waals surface area contributed by atoms with Crippen molar-refractivity contribution in [3.8, 4) is 22.8 Å². The highest BCUT2D eigenvalue weighted by atomic mass is 19.1. The molecule has 2 aliphatic rings. The number of benzene rings is 1. The number of fused-ring (bicyclic) bond motifs is 1. The van der Waals surface area contributed by atoms with Gasteiger partial charge in [-0.25, -0.2) is 14.4 Å². The lowest BCUT2D eigenvalue weighted by Crippen LogP contribution is -2.55. The molecule has 1 aromatic carbocycles. The van der Waals surface area contributed by atoms with Gasteiger partial charge in [0.25, 0.3) is 5.91 Å². The number of aliphatic hydroxyl groups excluding tert-OH is 1. The fraction of sp³-hybridized carbons (Fsp3) is 0.462. The van der Waals surface area contributed by atoms with Gasteiger partial charge in [0.2, 0.25) is 5.91 Å². The number of ether oxygens (including phenoxy) is 2. The summed E-state index contributed by atoms with van der Waals surface area (Å²) < 4.78 is 25.7. The molecule has 2 fully saturated rings. The summed E-state index contributed by atoms with van der Waals surface area (Å²) in [5.41, 5.74) is 2.76. The number of amides is 2. The second-order valence-corrected chi connectivity index (χ2v) is 9.71. The largest absolute Gasteiger partial charge is 0.494 e. The van der Waals surface area contributed by atoms with Gasteiger partial charge < -0.3 is 29.8 Å². The molecule has 11 heteroatoms. The molecule has 1 saturated carbocycles. The van der Waals surface area contributed by atoms with Crippen molar-refractivity contribution in [2.24, 2.45) is 5.92 Å². The summed E-state index contributed by atoms with van der Waals surface area (Å²) in [6.07, 6.45) is 3.08. The number of hydrogen-bond donors (Lipinski definition) is 3. The number of aliphatic hydroxyl groups is 1. The Morgan fingerprint density at radius 3 is 2.70 bits per heavy atom. The Morgan fingerprint density at radius 1 is 1.24 bits per heavy atom. The van der Waals surface area contributed by atoms with Crippen LogP contribution in [-0.4, -0.2) is 75.7 Å². The third-order valence-corrected chi connectivity index (χ3v) is 7.02. The molecule has 2 unspecified atom stereocenters. The van der Waals surface area contributed by atoms with E-state index in [1.54, 1.807) is 11.8 Å². The minimum Gasteiger partial charge on any atom is -0.494 e. The number of rotatable bonds is 7. The molecule has 10 nitrogen and oxygen atoms in total. The molecular formula is C26H30FN5O5. The van der Waals surface area contributed by atoms with Gasteiger partial charge in [0.1, 0.15) is 23.3 Å². The summed E-state index contributed by atoms with van der Waals surface area (Å²) in [7, 11) is 1.39. The number of likely N-dealkylation sites (tertiary alicyclic amines) is 1. The van der Waals surface area contributed by atoms with Crippen LogP contribution in [0.3, 0.4) is 0 Å². The minimum atomic E-state index is -0.879. The van der Waals surface area contributed by atoms with Gasteiger partial charge in [0.05, 0.1) is 36.9 Å². The van der Waals surface area contributed by atoms with Crippen molar-refractivity contribution in [2.45, 2.75) is 45.3 Å². The van der Waals surface area contributed by atoms with Crippen LogP contribution in [0, 0.1) is 18.7 Å². The number of aryl methyl sites for hydroxylation is 1. The van der Waals surface area contributed by atoms with E-state index >= 15 is 0 Å². The molecule has 2 amide bonds. The van der Waals surface area contributed by atoms with E-state index in [9.17, 15) is 19.1 Å².